The van der Waals surface area contributed by atoms with Crippen molar-refractivity contribution in [2.24, 2.45) is 0 Å². The molecule has 0 aromatic rings. The monoisotopic (exact) mass is 468 g/mol. The first-order valence-corrected chi connectivity index (χ1v) is 14.7. The molecular weight excluding hydrogens is 413 g/mol. The lowest BCUT2D eigenvalue weighted by atomic mass is 9.99. The molecule has 0 aromatic carbocycles. The Labute approximate surface area is 202 Å². The van der Waals surface area contributed by atoms with Crippen LogP contribution in [0.25, 0.3) is 0 Å². The average molecular weight is 469 g/mol. The van der Waals surface area contributed by atoms with Crippen LogP contribution in [0, 0.1) is 0 Å². The van der Waals surface area contributed by atoms with Gasteiger partial charge in [-0.15, -0.1) is 6.58 Å². The lowest BCUT2D eigenvalue weighted by Gasteiger charge is -2.39. The minimum Gasteiger partial charge on any atom is -0.590 e. The van der Waals surface area contributed by atoms with E-state index in [9.17, 15) is 9.46 Å². The molecule has 0 aliphatic carbocycles. The van der Waals surface area contributed by atoms with E-state index in [1.54, 1.807) is 0 Å². The Balaban J connectivity index is 3.64. The van der Waals surface area contributed by atoms with E-state index in [1.165, 1.54) is 89.9 Å². The van der Waals surface area contributed by atoms with Gasteiger partial charge in [0.1, 0.15) is 0 Å². The number of rotatable bonds is 23. The molecule has 2 atom stereocenters. The first kappa shape index (κ1) is 31.5. The molecule has 0 radical (unpaired) electrons. The van der Waals surface area contributed by atoms with Crippen molar-refractivity contribution in [1.29, 1.82) is 0 Å². The zero-order valence-corrected chi connectivity index (χ0v) is 23.0. The van der Waals surface area contributed by atoms with Crippen LogP contribution in [0.3, 0.4) is 0 Å². The molecule has 0 aliphatic rings. The average Bonchev–Trinajstić information content (AvgIpc) is 2.73. The fourth-order valence-electron chi connectivity index (χ4n) is 4.67. The predicted octanol–water partition coefficient (Wildman–Crippen LogP) is 8.67. The molecule has 0 saturated carbocycles. The summed E-state index contributed by atoms with van der Waals surface area (Å²) in [6, 6.07) is 0. The second-order valence-electron chi connectivity index (χ2n) is 10.5. The van der Waals surface area contributed by atoms with Gasteiger partial charge < -0.3 is 4.89 Å². The molecule has 0 saturated heterocycles. The Morgan fingerprint density at radius 3 is 1.50 bits per heavy atom. The van der Waals surface area contributed by atoms with Crippen molar-refractivity contribution in [3.63, 3.8) is 0 Å². The molecule has 0 heterocycles. The Kier molecular flexibility index (Phi) is 19.6. The third kappa shape index (κ3) is 14.6. The molecule has 0 amide bonds. The molecule has 0 aromatic heterocycles. The van der Waals surface area contributed by atoms with Crippen molar-refractivity contribution in [3.8, 4) is 0 Å². The third-order valence-electron chi connectivity index (χ3n) is 6.88. The number of hydrogen-bond donors (Lipinski definition) is 0. The molecule has 0 bridgehead atoms. The van der Waals surface area contributed by atoms with Crippen LogP contribution in [0.5, 0.6) is 0 Å². The Morgan fingerprint density at radius 2 is 1.12 bits per heavy atom. The van der Waals surface area contributed by atoms with Gasteiger partial charge in [0.25, 0.3) is 5.28 Å². The molecule has 0 fully saturated rings. The van der Waals surface area contributed by atoms with Gasteiger partial charge >= 0.3 is 8.03 Å². The first-order chi connectivity index (χ1) is 15.3. The highest BCUT2D eigenvalue weighted by Gasteiger charge is 2.53. The smallest absolute Gasteiger partial charge is 0.376 e. The highest BCUT2D eigenvalue weighted by molar-refractivity contribution is 7.38. The van der Waals surface area contributed by atoms with E-state index in [-0.39, 0.29) is 0 Å². The molecule has 0 aliphatic heterocycles. The second kappa shape index (κ2) is 19.9. The second-order valence-corrected chi connectivity index (χ2v) is 11.8. The van der Waals surface area contributed by atoms with Crippen molar-refractivity contribution in [3.05, 3.63) is 24.8 Å². The SMILES string of the molecule is C=CCCCCCCCC=CCCCCCCCCCCC(CCC)([P+](=O)[O-])[N+](C)(C)C. The van der Waals surface area contributed by atoms with Crippen LogP contribution in [-0.4, -0.2) is 30.9 Å². The van der Waals surface area contributed by atoms with Gasteiger partial charge in [0, 0.05) is 12.8 Å². The van der Waals surface area contributed by atoms with E-state index >= 15 is 0 Å². The maximum atomic E-state index is 12.1. The molecule has 0 spiro atoms. The standard InChI is InChI=1S/C28H55NO2P/c1-6-8-9-10-11-12-13-14-15-16-17-18-19-20-21-22-23-24-25-27-28(26-7-2,32(30)31)29(3,4)5/h6,15-16H,1,7-14,17-27H2,2-5H3/q+1. The fraction of sp³-hybridized carbons (Fsp3) is 0.857. The first-order valence-electron chi connectivity index (χ1n) is 13.5. The van der Waals surface area contributed by atoms with Crippen molar-refractivity contribution >= 4 is 8.03 Å². The summed E-state index contributed by atoms with van der Waals surface area (Å²) in [6.45, 7) is 5.86. The quantitative estimate of drug-likeness (QED) is 0.0651. The summed E-state index contributed by atoms with van der Waals surface area (Å²) in [6.07, 6.45) is 29.7. The van der Waals surface area contributed by atoms with E-state index in [0.29, 0.717) is 4.48 Å². The highest BCUT2D eigenvalue weighted by Crippen LogP contribution is 2.45. The third-order valence-corrected chi connectivity index (χ3v) is 8.61. The largest absolute Gasteiger partial charge is 0.590 e. The topological polar surface area (TPSA) is 40.1 Å². The van der Waals surface area contributed by atoms with Crippen LogP contribution in [0.2, 0.25) is 0 Å². The molecule has 0 rings (SSSR count). The number of nitrogens with zero attached hydrogens (tertiary/aromatic N) is 1. The van der Waals surface area contributed by atoms with E-state index in [4.69, 9.17) is 0 Å². The lowest BCUT2D eigenvalue weighted by molar-refractivity contribution is -0.910. The molecule has 2 unspecified atom stereocenters. The van der Waals surface area contributed by atoms with E-state index in [2.05, 4.69) is 25.7 Å². The van der Waals surface area contributed by atoms with Crippen LogP contribution in [0.4, 0.5) is 0 Å². The van der Waals surface area contributed by atoms with E-state index in [0.717, 1.165) is 32.1 Å². The Bertz CT molecular complexity index is 498. The Morgan fingerprint density at radius 1 is 0.719 bits per heavy atom. The molecule has 0 N–H and O–H groups in total. The molecule has 4 heteroatoms. The van der Waals surface area contributed by atoms with Gasteiger partial charge in [-0.2, -0.15) is 0 Å². The van der Waals surface area contributed by atoms with Gasteiger partial charge in [0.15, 0.2) is 0 Å². The van der Waals surface area contributed by atoms with Gasteiger partial charge in [-0.25, -0.2) is 0 Å². The minimum absolute atomic E-state index is 0.518. The highest BCUT2D eigenvalue weighted by atomic mass is 31.1. The van der Waals surface area contributed by atoms with Crippen LogP contribution < -0.4 is 4.89 Å². The maximum absolute atomic E-state index is 12.1. The number of allylic oxidation sites excluding steroid dienone is 3. The lowest BCUT2D eigenvalue weighted by Crippen LogP contribution is -2.55. The van der Waals surface area contributed by atoms with Crippen LogP contribution in [-0.2, 0) is 4.57 Å². The van der Waals surface area contributed by atoms with Gasteiger partial charge in [-0.3, -0.25) is 4.48 Å². The molecule has 188 valence electrons. The number of quaternary nitrogens is 1. The fourth-order valence-corrected chi connectivity index (χ4v) is 5.91. The Hall–Kier alpha value is -0.500. The molecule has 3 nitrogen and oxygen atoms in total. The van der Waals surface area contributed by atoms with Crippen molar-refractivity contribution < 1.29 is 13.9 Å². The van der Waals surface area contributed by atoms with E-state index in [1.807, 2.05) is 27.2 Å². The molecular formula is C28H55NO2P+. The summed E-state index contributed by atoms with van der Waals surface area (Å²) in [4.78, 5) is 12.1. The zero-order valence-electron chi connectivity index (χ0n) is 22.1. The van der Waals surface area contributed by atoms with Gasteiger partial charge in [0.05, 0.1) is 21.1 Å². The van der Waals surface area contributed by atoms with Crippen molar-refractivity contribution in [2.45, 2.75) is 134 Å². The minimum atomic E-state index is -2.42. The maximum Gasteiger partial charge on any atom is 0.376 e. The number of hydrogen-bond acceptors (Lipinski definition) is 2. The predicted molar refractivity (Wildman–Crippen MR) is 141 cm³/mol. The molecule has 32 heavy (non-hydrogen) atoms. The van der Waals surface area contributed by atoms with Gasteiger partial charge in [-0.05, 0) is 51.4 Å². The summed E-state index contributed by atoms with van der Waals surface area (Å²) < 4.78 is 12.6. The summed E-state index contributed by atoms with van der Waals surface area (Å²) in [7, 11) is 3.67. The summed E-state index contributed by atoms with van der Waals surface area (Å²) in [5.41, 5.74) is 0. The van der Waals surface area contributed by atoms with Crippen LogP contribution >= 0.6 is 8.03 Å². The van der Waals surface area contributed by atoms with Crippen molar-refractivity contribution in [2.75, 3.05) is 21.1 Å². The summed E-state index contributed by atoms with van der Waals surface area (Å²) >= 11 is 0. The van der Waals surface area contributed by atoms with Crippen LogP contribution in [0.15, 0.2) is 24.8 Å². The van der Waals surface area contributed by atoms with Gasteiger partial charge in [0.2, 0.25) is 0 Å². The van der Waals surface area contributed by atoms with Crippen LogP contribution in [0.1, 0.15) is 129 Å². The van der Waals surface area contributed by atoms with Gasteiger partial charge in [-0.1, -0.05) is 87.5 Å². The number of unbranched alkanes of at least 4 members (excludes halogenated alkanes) is 14. The van der Waals surface area contributed by atoms with E-state index < -0.39 is 13.3 Å². The summed E-state index contributed by atoms with van der Waals surface area (Å²) in [5.74, 6) is 0. The zero-order chi connectivity index (χ0) is 24.1. The summed E-state index contributed by atoms with van der Waals surface area (Å²) in [5, 5.41) is -0.594. The normalized spacial score (nSPS) is 14.6. The van der Waals surface area contributed by atoms with Crippen molar-refractivity contribution in [1.82, 2.24) is 0 Å².